The summed E-state index contributed by atoms with van der Waals surface area (Å²) >= 11 is 0. The van der Waals surface area contributed by atoms with E-state index in [0.717, 1.165) is 33.4 Å². The summed E-state index contributed by atoms with van der Waals surface area (Å²) in [5.74, 6) is 0. The van der Waals surface area contributed by atoms with Gasteiger partial charge in [0.25, 0.3) is 0 Å². The predicted octanol–water partition coefficient (Wildman–Crippen LogP) is 6.05. The van der Waals surface area contributed by atoms with Crippen molar-refractivity contribution in [3.8, 4) is 0 Å². The second-order valence-corrected chi connectivity index (χ2v) is 11.8. The van der Waals surface area contributed by atoms with Crippen LogP contribution in [0, 0.1) is 0 Å². The fraction of sp³-hybridized carbons (Fsp3) is 0.0714. The summed E-state index contributed by atoms with van der Waals surface area (Å²) in [6.45, 7) is 0. The number of hydrogen-bond acceptors (Lipinski definition) is 2. The Kier molecular flexibility index (Phi) is 7.87. The highest BCUT2D eigenvalue weighted by molar-refractivity contribution is 7.51. The minimum Gasteiger partial charge on any atom is -0.324 e. The van der Waals surface area contributed by atoms with Gasteiger partial charge in [0.1, 0.15) is 0 Å². The molecule has 0 aliphatic rings. The topological polar surface area (TPSA) is 115 Å². The van der Waals surface area contributed by atoms with Crippen LogP contribution in [0.4, 0.5) is 0 Å². The van der Waals surface area contributed by atoms with E-state index in [9.17, 15) is 28.7 Å². The molecule has 0 aromatic heterocycles. The molecule has 36 heavy (non-hydrogen) atoms. The van der Waals surface area contributed by atoms with Crippen molar-refractivity contribution < 1.29 is 28.7 Å². The monoisotopic (exact) mass is 520 g/mol. The molecule has 0 radical (unpaired) electrons. The van der Waals surface area contributed by atoms with E-state index in [1.807, 2.05) is 84.9 Å². The maximum atomic E-state index is 11.5. The summed E-state index contributed by atoms with van der Waals surface area (Å²) in [6, 6.07) is 34.0. The van der Waals surface area contributed by atoms with Crippen LogP contribution in [0.25, 0.3) is 11.1 Å². The van der Waals surface area contributed by atoms with Gasteiger partial charge in [0.05, 0.1) is 12.3 Å². The molecule has 0 bridgehead atoms. The zero-order chi connectivity index (χ0) is 25.8. The lowest BCUT2D eigenvalue weighted by Crippen LogP contribution is -1.98. The van der Waals surface area contributed by atoms with Crippen LogP contribution in [0.5, 0.6) is 0 Å². The fourth-order valence-electron chi connectivity index (χ4n) is 4.15. The van der Waals surface area contributed by atoms with Gasteiger partial charge in [-0.2, -0.15) is 0 Å². The maximum absolute atomic E-state index is 11.5. The summed E-state index contributed by atoms with van der Waals surface area (Å²) in [5.41, 5.74) is 6.59. The van der Waals surface area contributed by atoms with Crippen LogP contribution < -0.4 is 0 Å². The lowest BCUT2D eigenvalue weighted by molar-refractivity contribution is 0.369. The minimum absolute atomic E-state index is 0.329. The van der Waals surface area contributed by atoms with E-state index in [4.69, 9.17) is 0 Å². The molecule has 4 aromatic carbocycles. The van der Waals surface area contributed by atoms with E-state index >= 15 is 0 Å². The van der Waals surface area contributed by atoms with Crippen molar-refractivity contribution in [1.29, 1.82) is 0 Å². The van der Waals surface area contributed by atoms with Gasteiger partial charge in [-0.05, 0) is 44.5 Å². The molecule has 0 saturated carbocycles. The molecule has 0 fully saturated rings. The third-order valence-corrected chi connectivity index (χ3v) is 7.19. The van der Waals surface area contributed by atoms with Crippen molar-refractivity contribution in [3.05, 3.63) is 143 Å². The van der Waals surface area contributed by atoms with Crippen molar-refractivity contribution in [2.75, 3.05) is 0 Å². The summed E-state index contributed by atoms with van der Waals surface area (Å²) in [4.78, 5) is 37.4. The molecule has 0 heterocycles. The molecule has 4 rings (SSSR count). The van der Waals surface area contributed by atoms with Crippen molar-refractivity contribution in [3.63, 3.8) is 0 Å². The standard InChI is InChI=1S/C28H26O6P2/c29-35(30,31)19-21-11-15-25(16-12-21)27(23-7-3-1-4-8-23)28(24-9-5-2-6-10-24)26-17-13-22(14-18-26)20-36(32,33)34/h1-18H,19-20H2,(H2,29,30,31)(H2,32,33,34)/b28-27+. The van der Waals surface area contributed by atoms with Crippen molar-refractivity contribution in [2.45, 2.75) is 12.3 Å². The summed E-state index contributed by atoms with van der Waals surface area (Å²) in [6.07, 6.45) is -0.658. The van der Waals surface area contributed by atoms with Crippen LogP contribution in [0.2, 0.25) is 0 Å². The van der Waals surface area contributed by atoms with Gasteiger partial charge in [0, 0.05) is 0 Å². The van der Waals surface area contributed by atoms with Gasteiger partial charge < -0.3 is 19.6 Å². The van der Waals surface area contributed by atoms with Crippen molar-refractivity contribution in [2.24, 2.45) is 0 Å². The number of rotatable bonds is 8. The second kappa shape index (κ2) is 10.9. The molecule has 0 aliphatic carbocycles. The number of benzene rings is 4. The first-order valence-corrected chi connectivity index (χ1v) is 14.8. The largest absolute Gasteiger partial charge is 0.329 e. The quantitative estimate of drug-likeness (QED) is 0.166. The van der Waals surface area contributed by atoms with Crippen LogP contribution in [-0.2, 0) is 21.5 Å². The average Bonchev–Trinajstić information content (AvgIpc) is 2.83. The van der Waals surface area contributed by atoms with Gasteiger partial charge in [-0.15, -0.1) is 0 Å². The highest BCUT2D eigenvalue weighted by Gasteiger charge is 2.19. The van der Waals surface area contributed by atoms with Crippen LogP contribution >= 0.6 is 15.2 Å². The van der Waals surface area contributed by atoms with Crippen LogP contribution in [-0.4, -0.2) is 19.6 Å². The molecule has 0 amide bonds. The van der Waals surface area contributed by atoms with E-state index < -0.39 is 15.2 Å². The minimum atomic E-state index is -4.19. The Balaban J connectivity index is 1.93. The van der Waals surface area contributed by atoms with Gasteiger partial charge in [-0.3, -0.25) is 9.13 Å². The predicted molar refractivity (Wildman–Crippen MR) is 142 cm³/mol. The Bertz CT molecular complexity index is 1320. The SMILES string of the molecule is O=P(O)(O)Cc1ccc(/C(=C(\c2ccccc2)c2ccc(CP(=O)(O)O)cc2)c2ccccc2)cc1. The summed E-state index contributed by atoms with van der Waals surface area (Å²) in [7, 11) is -8.37. The first kappa shape index (κ1) is 26.0. The van der Waals surface area contributed by atoms with Crippen LogP contribution in [0.3, 0.4) is 0 Å². The lowest BCUT2D eigenvalue weighted by atomic mass is 9.85. The maximum Gasteiger partial charge on any atom is 0.329 e. The van der Waals surface area contributed by atoms with E-state index in [-0.39, 0.29) is 12.3 Å². The van der Waals surface area contributed by atoms with Crippen molar-refractivity contribution in [1.82, 2.24) is 0 Å². The summed E-state index contributed by atoms with van der Waals surface area (Å²) in [5, 5.41) is 0. The molecule has 8 heteroatoms. The normalized spacial score (nSPS) is 12.8. The van der Waals surface area contributed by atoms with Crippen LogP contribution in [0.15, 0.2) is 109 Å². The molecule has 0 unspecified atom stereocenters. The molecule has 4 aromatic rings. The van der Waals surface area contributed by atoms with Crippen LogP contribution in [0.1, 0.15) is 33.4 Å². The molecule has 4 N–H and O–H groups in total. The fourth-order valence-corrected chi connectivity index (χ4v) is 5.52. The van der Waals surface area contributed by atoms with Gasteiger partial charge in [0.2, 0.25) is 0 Å². The third-order valence-electron chi connectivity index (χ3n) is 5.64. The Morgan fingerprint density at radius 1 is 0.444 bits per heavy atom. The van der Waals surface area contributed by atoms with Gasteiger partial charge in [-0.25, -0.2) is 0 Å². The first-order chi connectivity index (χ1) is 17.1. The Morgan fingerprint density at radius 3 is 1.00 bits per heavy atom. The van der Waals surface area contributed by atoms with Gasteiger partial charge in [0.15, 0.2) is 0 Å². The molecule has 0 spiro atoms. The van der Waals surface area contributed by atoms with Crippen molar-refractivity contribution >= 4 is 26.3 Å². The molecular formula is C28H26O6P2. The summed E-state index contributed by atoms with van der Waals surface area (Å²) < 4.78 is 22.9. The smallest absolute Gasteiger partial charge is 0.324 e. The third kappa shape index (κ3) is 6.99. The highest BCUT2D eigenvalue weighted by Crippen LogP contribution is 2.42. The average molecular weight is 520 g/mol. The van der Waals surface area contributed by atoms with E-state index in [0.29, 0.717) is 11.1 Å². The molecule has 0 atom stereocenters. The first-order valence-electron chi connectivity index (χ1n) is 11.2. The Labute approximate surface area is 209 Å². The lowest BCUT2D eigenvalue weighted by Gasteiger charge is -2.19. The molecular weight excluding hydrogens is 494 g/mol. The number of hydrogen-bond donors (Lipinski definition) is 4. The molecule has 184 valence electrons. The Morgan fingerprint density at radius 2 is 0.722 bits per heavy atom. The molecule has 0 aliphatic heterocycles. The van der Waals surface area contributed by atoms with E-state index in [1.165, 1.54) is 0 Å². The zero-order valence-corrected chi connectivity index (χ0v) is 21.1. The molecule has 0 saturated heterocycles. The highest BCUT2D eigenvalue weighted by atomic mass is 31.2. The zero-order valence-electron chi connectivity index (χ0n) is 19.3. The van der Waals surface area contributed by atoms with E-state index in [1.54, 1.807) is 24.3 Å². The van der Waals surface area contributed by atoms with E-state index in [2.05, 4.69) is 0 Å². The Hall–Kier alpha value is -3.08. The van der Waals surface area contributed by atoms with Gasteiger partial charge >= 0.3 is 15.2 Å². The molecule has 6 nitrogen and oxygen atoms in total. The van der Waals surface area contributed by atoms with Gasteiger partial charge in [-0.1, -0.05) is 109 Å². The second-order valence-electron chi connectivity index (χ2n) is 8.52.